The van der Waals surface area contributed by atoms with Gasteiger partial charge in [-0.25, -0.2) is 9.97 Å². The third-order valence-electron chi connectivity index (χ3n) is 4.86. The molecule has 26 heavy (non-hydrogen) atoms. The lowest BCUT2D eigenvalue weighted by Crippen LogP contribution is -2.39. The zero-order valence-corrected chi connectivity index (χ0v) is 14.6. The maximum Gasteiger partial charge on any atom is 0.253 e. The second-order valence-electron chi connectivity index (χ2n) is 6.63. The van der Waals surface area contributed by atoms with Gasteiger partial charge in [0.1, 0.15) is 0 Å². The number of likely N-dealkylation sites (tertiary alicyclic amines) is 1. The first kappa shape index (κ1) is 16.5. The van der Waals surface area contributed by atoms with Crippen LogP contribution in [-0.4, -0.2) is 33.9 Å². The molecule has 1 saturated heterocycles. The Balaban J connectivity index is 1.54. The van der Waals surface area contributed by atoms with Crippen LogP contribution in [0.3, 0.4) is 0 Å². The first-order valence-electron chi connectivity index (χ1n) is 9.04. The number of nitrogens with zero attached hydrogens (tertiary/aromatic N) is 3. The molecular weight excluding hydrogens is 322 g/mol. The van der Waals surface area contributed by atoms with E-state index in [4.69, 9.17) is 4.98 Å². The van der Waals surface area contributed by atoms with Crippen molar-refractivity contribution < 1.29 is 4.79 Å². The first-order chi connectivity index (χ1) is 12.8. The largest absolute Gasteiger partial charge is 0.338 e. The van der Waals surface area contributed by atoms with Gasteiger partial charge in [0, 0.05) is 42.0 Å². The molecule has 1 amide bonds. The topological polar surface area (TPSA) is 46.1 Å². The molecule has 0 radical (unpaired) electrons. The van der Waals surface area contributed by atoms with Crippen LogP contribution in [0.25, 0.3) is 11.4 Å². The third-order valence-corrected chi connectivity index (χ3v) is 4.86. The molecule has 0 aliphatic carbocycles. The molecule has 3 aromatic rings. The highest BCUT2D eigenvalue weighted by molar-refractivity contribution is 5.94. The van der Waals surface area contributed by atoms with Crippen molar-refractivity contribution in [2.24, 2.45) is 0 Å². The predicted molar refractivity (Wildman–Crippen MR) is 102 cm³/mol. The molecule has 130 valence electrons. The van der Waals surface area contributed by atoms with Crippen LogP contribution in [0.5, 0.6) is 0 Å². The van der Waals surface area contributed by atoms with E-state index in [9.17, 15) is 4.79 Å². The minimum Gasteiger partial charge on any atom is -0.338 e. The molecular formula is C22H21N3O. The number of benzene rings is 2. The summed E-state index contributed by atoms with van der Waals surface area (Å²) in [5, 5.41) is 0. The maximum atomic E-state index is 12.8. The Kier molecular flexibility index (Phi) is 4.73. The second-order valence-corrected chi connectivity index (χ2v) is 6.63. The standard InChI is InChI=1S/C22H21N3O/c26-22(18-10-5-2-6-11-18)25-15-7-12-19(16-25)20-13-14-23-21(24-20)17-8-3-1-4-9-17/h1-6,8-11,13-14,19H,7,12,15-16H2. The summed E-state index contributed by atoms with van der Waals surface area (Å²) in [4.78, 5) is 23.9. The summed E-state index contributed by atoms with van der Waals surface area (Å²) in [7, 11) is 0. The SMILES string of the molecule is O=C(c1ccccc1)N1CCCC(c2ccnc(-c3ccccc3)n2)C1. The molecule has 4 heteroatoms. The molecule has 0 saturated carbocycles. The highest BCUT2D eigenvalue weighted by atomic mass is 16.2. The zero-order valence-electron chi connectivity index (χ0n) is 14.6. The zero-order chi connectivity index (χ0) is 17.8. The Morgan fingerprint density at radius 2 is 1.69 bits per heavy atom. The lowest BCUT2D eigenvalue weighted by molar-refractivity contribution is 0.0706. The number of rotatable bonds is 3. The van der Waals surface area contributed by atoms with Gasteiger partial charge in [-0.3, -0.25) is 4.79 Å². The normalized spacial score (nSPS) is 17.1. The summed E-state index contributed by atoms with van der Waals surface area (Å²) >= 11 is 0. The van der Waals surface area contributed by atoms with Crippen LogP contribution < -0.4 is 0 Å². The van der Waals surface area contributed by atoms with Gasteiger partial charge in [-0.05, 0) is 31.0 Å². The number of amides is 1. The molecule has 4 rings (SSSR count). The maximum absolute atomic E-state index is 12.8. The van der Waals surface area contributed by atoms with Gasteiger partial charge in [-0.2, -0.15) is 0 Å². The lowest BCUT2D eigenvalue weighted by atomic mass is 9.94. The summed E-state index contributed by atoms with van der Waals surface area (Å²) in [6.07, 6.45) is 3.86. The van der Waals surface area contributed by atoms with Crippen LogP contribution in [0.2, 0.25) is 0 Å². The fraction of sp³-hybridized carbons (Fsp3) is 0.227. The van der Waals surface area contributed by atoms with Crippen molar-refractivity contribution in [2.45, 2.75) is 18.8 Å². The second kappa shape index (κ2) is 7.48. The summed E-state index contributed by atoms with van der Waals surface area (Å²) < 4.78 is 0. The molecule has 1 fully saturated rings. The Morgan fingerprint density at radius 3 is 2.46 bits per heavy atom. The molecule has 4 nitrogen and oxygen atoms in total. The quantitative estimate of drug-likeness (QED) is 0.717. The monoisotopic (exact) mass is 343 g/mol. The van der Waals surface area contributed by atoms with E-state index in [1.54, 1.807) is 0 Å². The molecule has 1 unspecified atom stereocenters. The average Bonchev–Trinajstić information content (AvgIpc) is 2.75. The van der Waals surface area contributed by atoms with Crippen molar-refractivity contribution >= 4 is 5.91 Å². The lowest BCUT2D eigenvalue weighted by Gasteiger charge is -2.32. The Labute approximate surface area is 153 Å². The van der Waals surface area contributed by atoms with E-state index in [1.165, 1.54) is 0 Å². The fourth-order valence-electron chi connectivity index (χ4n) is 3.49. The van der Waals surface area contributed by atoms with Crippen molar-refractivity contribution in [1.82, 2.24) is 14.9 Å². The minimum atomic E-state index is 0.104. The molecule has 2 heterocycles. The van der Waals surface area contributed by atoms with Gasteiger partial charge >= 0.3 is 0 Å². The van der Waals surface area contributed by atoms with Gasteiger partial charge in [0.05, 0.1) is 0 Å². The Hall–Kier alpha value is -3.01. The predicted octanol–water partition coefficient (Wildman–Crippen LogP) is 4.16. The molecule has 1 aliphatic rings. The summed E-state index contributed by atoms with van der Waals surface area (Å²) in [6.45, 7) is 1.51. The molecule has 0 spiro atoms. The number of hydrogen-bond acceptors (Lipinski definition) is 3. The number of hydrogen-bond donors (Lipinski definition) is 0. The van der Waals surface area contributed by atoms with Crippen LogP contribution in [0, 0.1) is 0 Å². The highest BCUT2D eigenvalue weighted by Gasteiger charge is 2.26. The molecule has 1 aromatic heterocycles. The Bertz CT molecular complexity index is 880. The summed E-state index contributed by atoms with van der Waals surface area (Å²) in [6, 6.07) is 21.5. The van der Waals surface area contributed by atoms with Gasteiger partial charge in [0.15, 0.2) is 5.82 Å². The molecule has 1 aliphatic heterocycles. The van der Waals surface area contributed by atoms with Gasteiger partial charge in [-0.15, -0.1) is 0 Å². The van der Waals surface area contributed by atoms with Crippen LogP contribution in [0.1, 0.15) is 34.8 Å². The van der Waals surface area contributed by atoms with Crippen molar-refractivity contribution in [3.05, 3.63) is 84.2 Å². The van der Waals surface area contributed by atoms with Crippen molar-refractivity contribution in [2.75, 3.05) is 13.1 Å². The average molecular weight is 343 g/mol. The molecule has 0 N–H and O–H groups in total. The van der Waals surface area contributed by atoms with E-state index in [1.807, 2.05) is 77.8 Å². The summed E-state index contributed by atoms with van der Waals surface area (Å²) in [5.41, 5.74) is 2.78. The molecule has 1 atom stereocenters. The minimum absolute atomic E-state index is 0.104. The van der Waals surface area contributed by atoms with Crippen molar-refractivity contribution in [1.29, 1.82) is 0 Å². The number of piperidine rings is 1. The third kappa shape index (κ3) is 3.49. The van der Waals surface area contributed by atoms with Crippen molar-refractivity contribution in [3.63, 3.8) is 0 Å². The molecule has 0 bridgehead atoms. The number of carbonyl (C=O) groups excluding carboxylic acids is 1. The van der Waals surface area contributed by atoms with E-state index >= 15 is 0 Å². The highest BCUT2D eigenvalue weighted by Crippen LogP contribution is 2.27. The number of aromatic nitrogens is 2. The van der Waals surface area contributed by atoms with E-state index in [0.717, 1.165) is 42.0 Å². The smallest absolute Gasteiger partial charge is 0.253 e. The van der Waals surface area contributed by atoms with Crippen LogP contribution in [0.4, 0.5) is 0 Å². The fourth-order valence-corrected chi connectivity index (χ4v) is 3.49. The van der Waals surface area contributed by atoms with Gasteiger partial charge in [0.2, 0.25) is 0 Å². The van der Waals surface area contributed by atoms with E-state index < -0.39 is 0 Å². The summed E-state index contributed by atoms with van der Waals surface area (Å²) in [5.74, 6) is 1.10. The van der Waals surface area contributed by atoms with Gasteiger partial charge in [-0.1, -0.05) is 48.5 Å². The van der Waals surface area contributed by atoms with E-state index in [0.29, 0.717) is 6.54 Å². The molecule has 2 aromatic carbocycles. The number of carbonyl (C=O) groups is 1. The van der Waals surface area contributed by atoms with E-state index in [-0.39, 0.29) is 11.8 Å². The van der Waals surface area contributed by atoms with Crippen LogP contribution >= 0.6 is 0 Å². The van der Waals surface area contributed by atoms with Gasteiger partial charge < -0.3 is 4.90 Å². The van der Waals surface area contributed by atoms with E-state index in [2.05, 4.69) is 4.98 Å². The first-order valence-corrected chi connectivity index (χ1v) is 9.04. The Morgan fingerprint density at radius 1 is 0.962 bits per heavy atom. The van der Waals surface area contributed by atoms with Crippen LogP contribution in [-0.2, 0) is 0 Å². The van der Waals surface area contributed by atoms with Gasteiger partial charge in [0.25, 0.3) is 5.91 Å². The van der Waals surface area contributed by atoms with Crippen LogP contribution in [0.15, 0.2) is 72.9 Å². The van der Waals surface area contributed by atoms with Crippen molar-refractivity contribution in [3.8, 4) is 11.4 Å².